The molecule has 136 valence electrons. The van der Waals surface area contributed by atoms with Crippen LogP contribution in [0.2, 0.25) is 0 Å². The van der Waals surface area contributed by atoms with Gasteiger partial charge >= 0.3 is 0 Å². The van der Waals surface area contributed by atoms with E-state index in [1.165, 1.54) is 0 Å². The Bertz CT molecular complexity index is 916. The van der Waals surface area contributed by atoms with Gasteiger partial charge in [0.25, 0.3) is 0 Å². The number of nitrogens with one attached hydrogen (secondary N) is 1. The van der Waals surface area contributed by atoms with Crippen LogP contribution in [-0.4, -0.2) is 32.5 Å². The molecule has 0 aromatic carbocycles. The fraction of sp³-hybridized carbons (Fsp3) is 0.421. The molecule has 0 spiro atoms. The Morgan fingerprint density at radius 3 is 2.96 bits per heavy atom. The summed E-state index contributed by atoms with van der Waals surface area (Å²) in [6.07, 6.45) is 5.90. The number of nitrogens with zero attached hydrogens (tertiary/aromatic N) is 4. The lowest BCUT2D eigenvalue weighted by molar-refractivity contribution is 0.177. The Kier molecular flexibility index (Phi) is 4.57. The maximum absolute atomic E-state index is 5.94. The average molecular weight is 352 g/mol. The lowest BCUT2D eigenvalue weighted by Crippen LogP contribution is -2.35. The minimum Gasteiger partial charge on any atom is -0.377 e. The zero-order valence-electron chi connectivity index (χ0n) is 15.1. The number of aromatic nitrogens is 4. The molecule has 3 aromatic rings. The van der Waals surface area contributed by atoms with Crippen LogP contribution in [0.5, 0.6) is 0 Å². The van der Waals surface area contributed by atoms with Crippen molar-refractivity contribution in [3.8, 4) is 0 Å². The summed E-state index contributed by atoms with van der Waals surface area (Å²) in [5.74, 6) is 1.93. The third-order valence-corrected chi connectivity index (χ3v) is 4.92. The Morgan fingerprint density at radius 2 is 2.19 bits per heavy atom. The van der Waals surface area contributed by atoms with E-state index in [-0.39, 0.29) is 0 Å². The van der Waals surface area contributed by atoms with E-state index < -0.39 is 0 Å². The first-order valence-electron chi connectivity index (χ1n) is 8.92. The van der Waals surface area contributed by atoms with Crippen molar-refractivity contribution < 1.29 is 4.74 Å². The van der Waals surface area contributed by atoms with E-state index in [2.05, 4.69) is 37.7 Å². The van der Waals surface area contributed by atoms with E-state index in [0.717, 1.165) is 41.3 Å². The Morgan fingerprint density at radius 1 is 1.35 bits per heavy atom. The van der Waals surface area contributed by atoms with Gasteiger partial charge in [-0.2, -0.15) is 0 Å². The molecule has 1 saturated carbocycles. The highest BCUT2D eigenvalue weighted by molar-refractivity contribution is 5.48. The normalized spacial score (nSPS) is 19.5. The summed E-state index contributed by atoms with van der Waals surface area (Å²) in [5.41, 5.74) is 10.2. The van der Waals surface area contributed by atoms with Gasteiger partial charge in [-0.25, -0.2) is 15.0 Å². The molecule has 26 heavy (non-hydrogen) atoms. The third-order valence-electron chi connectivity index (χ3n) is 4.92. The summed E-state index contributed by atoms with van der Waals surface area (Å²) in [5, 5.41) is 3.41. The lowest BCUT2D eigenvalue weighted by atomic mass is 9.78. The zero-order chi connectivity index (χ0) is 18.1. The van der Waals surface area contributed by atoms with Crippen LogP contribution < -0.4 is 11.1 Å². The van der Waals surface area contributed by atoms with Crippen molar-refractivity contribution in [2.24, 2.45) is 5.73 Å². The van der Waals surface area contributed by atoms with Crippen LogP contribution in [0.25, 0.3) is 5.65 Å². The lowest BCUT2D eigenvalue weighted by Gasteiger charge is -2.32. The summed E-state index contributed by atoms with van der Waals surface area (Å²) >= 11 is 0. The van der Waals surface area contributed by atoms with E-state index >= 15 is 0 Å². The third kappa shape index (κ3) is 3.27. The molecular weight excluding hydrogens is 328 g/mol. The summed E-state index contributed by atoms with van der Waals surface area (Å²) in [6, 6.07) is 6.42. The number of nitrogens with two attached hydrogens (primary N) is 1. The summed E-state index contributed by atoms with van der Waals surface area (Å²) in [6.45, 7) is 3.10. The molecule has 0 aliphatic heterocycles. The van der Waals surface area contributed by atoms with E-state index in [1.807, 2.05) is 24.5 Å². The SMILES string of the molecule is COCc1nc(NCc2cnc3c(C)cccn23)cc(C2CC(N)C2)n1. The van der Waals surface area contributed by atoms with E-state index in [4.69, 9.17) is 10.5 Å². The van der Waals surface area contributed by atoms with Gasteiger partial charge < -0.3 is 20.2 Å². The molecule has 1 aliphatic carbocycles. The van der Waals surface area contributed by atoms with Crippen LogP contribution in [0.4, 0.5) is 5.82 Å². The van der Waals surface area contributed by atoms with Crippen molar-refractivity contribution in [2.75, 3.05) is 12.4 Å². The molecule has 0 saturated heterocycles. The van der Waals surface area contributed by atoms with Crippen LogP contribution in [-0.2, 0) is 17.9 Å². The number of rotatable bonds is 6. The van der Waals surface area contributed by atoms with Gasteiger partial charge in [0, 0.05) is 37.0 Å². The number of fused-ring (bicyclic) bond motifs is 1. The Labute approximate surface area is 152 Å². The molecule has 4 rings (SSSR count). The molecule has 3 N–H and O–H groups in total. The van der Waals surface area contributed by atoms with Crippen molar-refractivity contribution in [1.82, 2.24) is 19.4 Å². The van der Waals surface area contributed by atoms with Gasteiger partial charge in [0.1, 0.15) is 18.1 Å². The van der Waals surface area contributed by atoms with Crippen LogP contribution >= 0.6 is 0 Å². The van der Waals surface area contributed by atoms with E-state index in [9.17, 15) is 0 Å². The van der Waals surface area contributed by atoms with Crippen molar-refractivity contribution in [2.45, 2.75) is 44.9 Å². The minimum atomic E-state index is 0.290. The molecule has 3 heterocycles. The molecular formula is C19H24N6O. The molecule has 0 atom stereocenters. The zero-order valence-corrected chi connectivity index (χ0v) is 15.1. The van der Waals surface area contributed by atoms with Crippen molar-refractivity contribution in [1.29, 1.82) is 0 Å². The summed E-state index contributed by atoms with van der Waals surface area (Å²) < 4.78 is 7.32. The van der Waals surface area contributed by atoms with Crippen molar-refractivity contribution in [3.05, 3.63) is 53.4 Å². The highest BCUT2D eigenvalue weighted by atomic mass is 16.5. The Hall–Kier alpha value is -2.51. The molecule has 1 fully saturated rings. The van der Waals surface area contributed by atoms with Crippen LogP contribution in [0.3, 0.4) is 0 Å². The summed E-state index contributed by atoms with van der Waals surface area (Å²) in [4.78, 5) is 13.7. The number of aryl methyl sites for hydroxylation is 1. The second-order valence-electron chi connectivity index (χ2n) is 6.94. The quantitative estimate of drug-likeness (QED) is 0.708. The first-order valence-corrected chi connectivity index (χ1v) is 8.92. The van der Waals surface area contributed by atoms with Crippen molar-refractivity contribution in [3.63, 3.8) is 0 Å². The van der Waals surface area contributed by atoms with Crippen LogP contribution in [0, 0.1) is 6.92 Å². The standard InChI is InChI=1S/C19H24N6O/c1-12-4-3-5-25-15(10-22-19(12)25)9-21-17-8-16(13-6-14(20)7-13)23-18(24-17)11-26-2/h3-5,8,10,13-14H,6-7,9,11,20H2,1-2H3,(H,21,23,24). The van der Waals surface area contributed by atoms with Gasteiger partial charge in [-0.05, 0) is 31.4 Å². The molecule has 0 radical (unpaired) electrons. The largest absolute Gasteiger partial charge is 0.377 e. The van der Waals surface area contributed by atoms with Crippen LogP contribution in [0.15, 0.2) is 30.6 Å². The van der Waals surface area contributed by atoms with Gasteiger partial charge in [-0.3, -0.25) is 0 Å². The molecule has 3 aromatic heterocycles. The van der Waals surface area contributed by atoms with Crippen LogP contribution in [0.1, 0.15) is 41.5 Å². The first kappa shape index (κ1) is 16.9. The number of hydrogen-bond acceptors (Lipinski definition) is 6. The molecule has 0 unspecified atom stereocenters. The Balaban J connectivity index is 1.55. The molecule has 0 bridgehead atoms. The maximum Gasteiger partial charge on any atom is 0.156 e. The first-order chi connectivity index (χ1) is 12.6. The van der Waals surface area contributed by atoms with Gasteiger partial charge in [0.2, 0.25) is 0 Å². The van der Waals surface area contributed by atoms with Gasteiger partial charge in [0.15, 0.2) is 5.82 Å². The molecule has 1 aliphatic rings. The number of methoxy groups -OCH3 is 1. The fourth-order valence-corrected chi connectivity index (χ4v) is 3.43. The predicted octanol–water partition coefficient (Wildman–Crippen LogP) is 2.40. The second-order valence-corrected chi connectivity index (χ2v) is 6.94. The van der Waals surface area contributed by atoms with Crippen molar-refractivity contribution >= 4 is 11.5 Å². The molecule has 7 nitrogen and oxygen atoms in total. The predicted molar refractivity (Wildman–Crippen MR) is 100.0 cm³/mol. The fourth-order valence-electron chi connectivity index (χ4n) is 3.43. The number of imidazole rings is 1. The topological polar surface area (TPSA) is 90.4 Å². The number of hydrogen-bond donors (Lipinski definition) is 2. The summed E-state index contributed by atoms with van der Waals surface area (Å²) in [7, 11) is 1.66. The number of ether oxygens (including phenoxy) is 1. The van der Waals surface area contributed by atoms with E-state index in [1.54, 1.807) is 7.11 Å². The van der Waals surface area contributed by atoms with Gasteiger partial charge in [0.05, 0.1) is 18.4 Å². The number of anilines is 1. The maximum atomic E-state index is 5.94. The monoisotopic (exact) mass is 352 g/mol. The highest BCUT2D eigenvalue weighted by Gasteiger charge is 2.29. The highest BCUT2D eigenvalue weighted by Crippen LogP contribution is 2.35. The average Bonchev–Trinajstić information content (AvgIpc) is 3.02. The second kappa shape index (κ2) is 7.01. The van der Waals surface area contributed by atoms with Gasteiger partial charge in [-0.1, -0.05) is 6.07 Å². The molecule has 7 heteroatoms. The molecule has 0 amide bonds. The van der Waals surface area contributed by atoms with E-state index in [0.29, 0.717) is 30.9 Å². The smallest absolute Gasteiger partial charge is 0.156 e. The van der Waals surface area contributed by atoms with Gasteiger partial charge in [-0.15, -0.1) is 0 Å². The number of pyridine rings is 1. The minimum absolute atomic E-state index is 0.290.